The molecule has 0 bridgehead atoms. The van der Waals surface area contributed by atoms with E-state index in [1.807, 2.05) is 60.9 Å². The molecule has 1 atom stereocenters. The van der Waals surface area contributed by atoms with Crippen LogP contribution in [-0.2, 0) is 4.79 Å². The molecular formula is C20H22N4OS. The van der Waals surface area contributed by atoms with E-state index in [-0.39, 0.29) is 11.2 Å². The number of carbonyl (C=O) groups is 1. The minimum absolute atomic E-state index is 0.0253. The number of para-hydroxylation sites is 1. The minimum Gasteiger partial charge on any atom is -0.315 e. The molecule has 0 aliphatic heterocycles. The molecule has 0 fully saturated rings. The number of anilines is 1. The van der Waals surface area contributed by atoms with Gasteiger partial charge in [-0.15, -0.1) is 10.2 Å². The Morgan fingerprint density at radius 3 is 2.35 bits per heavy atom. The van der Waals surface area contributed by atoms with Crippen molar-refractivity contribution in [3.05, 3.63) is 66.0 Å². The van der Waals surface area contributed by atoms with Crippen molar-refractivity contribution < 1.29 is 4.79 Å². The van der Waals surface area contributed by atoms with Crippen molar-refractivity contribution in [3.63, 3.8) is 0 Å². The summed E-state index contributed by atoms with van der Waals surface area (Å²) < 4.78 is 1.98. The van der Waals surface area contributed by atoms with Crippen LogP contribution in [0.15, 0.2) is 59.8 Å². The number of benzene rings is 2. The van der Waals surface area contributed by atoms with Gasteiger partial charge in [0.2, 0.25) is 5.91 Å². The summed E-state index contributed by atoms with van der Waals surface area (Å²) in [6, 6.07) is 17.8. The molecular weight excluding hydrogens is 344 g/mol. The van der Waals surface area contributed by atoms with E-state index >= 15 is 0 Å². The van der Waals surface area contributed by atoms with Gasteiger partial charge in [-0.2, -0.15) is 0 Å². The number of rotatable bonds is 5. The Kier molecular flexibility index (Phi) is 5.42. The van der Waals surface area contributed by atoms with E-state index < -0.39 is 0 Å². The molecule has 0 saturated carbocycles. The quantitative estimate of drug-likeness (QED) is 0.640. The van der Waals surface area contributed by atoms with E-state index in [1.54, 1.807) is 11.9 Å². The maximum absolute atomic E-state index is 12.8. The fourth-order valence-electron chi connectivity index (χ4n) is 2.67. The first-order valence-corrected chi connectivity index (χ1v) is 9.33. The molecule has 0 aliphatic rings. The molecule has 3 rings (SSSR count). The predicted octanol–water partition coefficient (Wildman–Crippen LogP) is 4.03. The molecule has 5 nitrogen and oxygen atoms in total. The van der Waals surface area contributed by atoms with Gasteiger partial charge in [-0.1, -0.05) is 47.7 Å². The van der Waals surface area contributed by atoms with Crippen molar-refractivity contribution in [2.24, 2.45) is 0 Å². The zero-order chi connectivity index (χ0) is 18.7. The van der Waals surface area contributed by atoms with E-state index in [0.29, 0.717) is 5.16 Å². The summed E-state index contributed by atoms with van der Waals surface area (Å²) in [4.78, 5) is 14.5. The van der Waals surface area contributed by atoms with Crippen LogP contribution in [0.25, 0.3) is 5.69 Å². The molecule has 1 amide bonds. The lowest BCUT2D eigenvalue weighted by Crippen LogP contribution is -2.33. The first kappa shape index (κ1) is 18.2. The van der Waals surface area contributed by atoms with Crippen LogP contribution in [0.1, 0.15) is 18.3 Å². The fourth-order valence-corrected chi connectivity index (χ4v) is 3.68. The molecule has 1 heterocycles. The highest BCUT2D eigenvalue weighted by Gasteiger charge is 2.23. The van der Waals surface area contributed by atoms with Gasteiger partial charge in [0.05, 0.1) is 5.25 Å². The van der Waals surface area contributed by atoms with Crippen molar-refractivity contribution in [2.75, 3.05) is 11.9 Å². The first-order valence-electron chi connectivity index (χ1n) is 8.45. The predicted molar refractivity (Wildman–Crippen MR) is 106 cm³/mol. The molecule has 0 unspecified atom stereocenters. The van der Waals surface area contributed by atoms with Gasteiger partial charge < -0.3 is 4.90 Å². The molecule has 134 valence electrons. The Morgan fingerprint density at radius 1 is 1.04 bits per heavy atom. The van der Waals surface area contributed by atoms with Crippen LogP contribution in [0.3, 0.4) is 0 Å². The average Bonchev–Trinajstić information content (AvgIpc) is 3.02. The largest absolute Gasteiger partial charge is 0.315 e. The van der Waals surface area contributed by atoms with Crippen molar-refractivity contribution in [3.8, 4) is 5.69 Å². The summed E-state index contributed by atoms with van der Waals surface area (Å²) in [5, 5.41) is 8.90. The molecule has 2 aromatic carbocycles. The van der Waals surface area contributed by atoms with Gasteiger partial charge in [0.15, 0.2) is 5.16 Å². The zero-order valence-electron chi connectivity index (χ0n) is 15.4. The molecule has 3 aromatic rings. The molecule has 6 heteroatoms. The SMILES string of the molecule is Cc1ccc(-n2c(C)nnc2S[C@H](C)C(=O)N(C)c2ccccc2)cc1. The van der Waals surface area contributed by atoms with Crippen LogP contribution < -0.4 is 4.90 Å². The van der Waals surface area contributed by atoms with Gasteiger partial charge in [-0.05, 0) is 45.0 Å². The van der Waals surface area contributed by atoms with E-state index in [0.717, 1.165) is 17.2 Å². The third-order valence-corrected chi connectivity index (χ3v) is 5.22. The number of aromatic nitrogens is 3. The lowest BCUT2D eigenvalue weighted by atomic mass is 10.2. The van der Waals surface area contributed by atoms with Crippen LogP contribution >= 0.6 is 11.8 Å². The van der Waals surface area contributed by atoms with Crippen molar-refractivity contribution in [1.29, 1.82) is 0 Å². The third-order valence-electron chi connectivity index (χ3n) is 4.19. The highest BCUT2D eigenvalue weighted by molar-refractivity contribution is 8.00. The van der Waals surface area contributed by atoms with Crippen molar-refractivity contribution in [1.82, 2.24) is 14.8 Å². The summed E-state index contributed by atoms with van der Waals surface area (Å²) in [5.74, 6) is 0.824. The molecule has 0 spiro atoms. The van der Waals surface area contributed by atoms with E-state index in [2.05, 4.69) is 29.3 Å². The number of carbonyl (C=O) groups excluding carboxylic acids is 1. The number of nitrogens with zero attached hydrogens (tertiary/aromatic N) is 4. The second-order valence-electron chi connectivity index (χ2n) is 6.19. The maximum Gasteiger partial charge on any atom is 0.240 e. The summed E-state index contributed by atoms with van der Waals surface area (Å²) >= 11 is 1.42. The van der Waals surface area contributed by atoms with Gasteiger partial charge in [0.1, 0.15) is 5.82 Å². The van der Waals surface area contributed by atoms with Gasteiger partial charge in [-0.3, -0.25) is 9.36 Å². The highest BCUT2D eigenvalue weighted by Crippen LogP contribution is 2.27. The first-order chi connectivity index (χ1) is 12.5. The van der Waals surface area contributed by atoms with Gasteiger partial charge in [0, 0.05) is 18.4 Å². The second-order valence-corrected chi connectivity index (χ2v) is 7.50. The second kappa shape index (κ2) is 7.74. The van der Waals surface area contributed by atoms with E-state index in [1.165, 1.54) is 17.3 Å². The van der Waals surface area contributed by atoms with Gasteiger partial charge >= 0.3 is 0 Å². The lowest BCUT2D eigenvalue weighted by molar-refractivity contribution is -0.117. The zero-order valence-corrected chi connectivity index (χ0v) is 16.2. The molecule has 0 N–H and O–H groups in total. The van der Waals surface area contributed by atoms with Crippen LogP contribution in [0.2, 0.25) is 0 Å². The maximum atomic E-state index is 12.8. The minimum atomic E-state index is -0.284. The van der Waals surface area contributed by atoms with Crippen molar-refractivity contribution in [2.45, 2.75) is 31.2 Å². The monoisotopic (exact) mass is 366 g/mol. The van der Waals surface area contributed by atoms with Crippen LogP contribution in [0.4, 0.5) is 5.69 Å². The summed E-state index contributed by atoms with van der Waals surface area (Å²) in [6.45, 7) is 5.87. The van der Waals surface area contributed by atoms with Crippen LogP contribution in [0.5, 0.6) is 0 Å². The highest BCUT2D eigenvalue weighted by atomic mass is 32.2. The molecule has 26 heavy (non-hydrogen) atoms. The van der Waals surface area contributed by atoms with Crippen molar-refractivity contribution >= 4 is 23.4 Å². The number of aryl methyl sites for hydroxylation is 2. The van der Waals surface area contributed by atoms with Gasteiger partial charge in [-0.25, -0.2) is 0 Å². The Bertz CT molecular complexity index is 890. The Labute approximate surface area is 158 Å². The Morgan fingerprint density at radius 2 is 1.69 bits per heavy atom. The Balaban J connectivity index is 1.81. The van der Waals surface area contributed by atoms with Crippen LogP contribution in [-0.4, -0.2) is 33.0 Å². The standard InChI is InChI=1S/C20H22N4OS/c1-14-10-12-18(13-11-14)24-16(3)21-22-20(24)26-15(2)19(25)23(4)17-8-6-5-7-9-17/h5-13,15H,1-4H3/t15-/m1/s1. The number of hydrogen-bond donors (Lipinski definition) is 0. The summed E-state index contributed by atoms with van der Waals surface area (Å²) in [7, 11) is 1.80. The summed E-state index contributed by atoms with van der Waals surface area (Å²) in [5.41, 5.74) is 3.07. The molecule has 0 saturated heterocycles. The van der Waals surface area contributed by atoms with Gasteiger partial charge in [0.25, 0.3) is 0 Å². The average molecular weight is 366 g/mol. The number of amides is 1. The number of thioether (sulfide) groups is 1. The summed E-state index contributed by atoms with van der Waals surface area (Å²) in [6.07, 6.45) is 0. The van der Waals surface area contributed by atoms with Crippen LogP contribution in [0, 0.1) is 13.8 Å². The normalized spacial score (nSPS) is 12.0. The third kappa shape index (κ3) is 3.80. The van der Waals surface area contributed by atoms with E-state index in [4.69, 9.17) is 0 Å². The smallest absolute Gasteiger partial charge is 0.240 e. The molecule has 0 aliphatic carbocycles. The van der Waals surface area contributed by atoms with E-state index in [9.17, 15) is 4.79 Å². The topological polar surface area (TPSA) is 51.0 Å². The molecule has 0 radical (unpaired) electrons. The lowest BCUT2D eigenvalue weighted by Gasteiger charge is -2.21. The molecule has 1 aromatic heterocycles. The number of hydrogen-bond acceptors (Lipinski definition) is 4. The Hall–Kier alpha value is -2.60. The fraction of sp³-hybridized carbons (Fsp3) is 0.250.